The van der Waals surface area contributed by atoms with Gasteiger partial charge in [-0.05, 0) is 49.8 Å². The monoisotopic (exact) mass is 379 g/mol. The fraction of sp³-hybridized carbons (Fsp3) is 0.435. The van der Waals surface area contributed by atoms with Crippen molar-refractivity contribution in [2.24, 2.45) is 5.92 Å². The maximum Gasteiger partial charge on any atom is 0.223 e. The van der Waals surface area contributed by atoms with Crippen LogP contribution in [0, 0.1) is 12.8 Å². The zero-order chi connectivity index (χ0) is 19.8. The Hall–Kier alpha value is -2.69. The van der Waals surface area contributed by atoms with Gasteiger partial charge in [-0.2, -0.15) is 0 Å². The molecular weight excluding hydrogens is 350 g/mol. The van der Waals surface area contributed by atoms with Gasteiger partial charge in [0, 0.05) is 44.4 Å². The molecule has 1 aromatic carbocycles. The maximum atomic E-state index is 12.4. The molecule has 2 amide bonds. The van der Waals surface area contributed by atoms with Crippen LogP contribution in [0.5, 0.6) is 0 Å². The summed E-state index contributed by atoms with van der Waals surface area (Å²) in [5.41, 5.74) is 3.53. The molecule has 0 atom stereocenters. The van der Waals surface area contributed by atoms with Crippen molar-refractivity contribution in [3.63, 3.8) is 0 Å². The Bertz CT molecular complexity index is 766. The van der Waals surface area contributed by atoms with Crippen LogP contribution in [0.1, 0.15) is 42.4 Å². The molecule has 2 aromatic rings. The second kappa shape index (κ2) is 10.0. The van der Waals surface area contributed by atoms with Gasteiger partial charge in [0.2, 0.25) is 11.8 Å². The summed E-state index contributed by atoms with van der Waals surface area (Å²) in [6, 6.07) is 12.3. The number of aryl methyl sites for hydroxylation is 2. The molecule has 0 spiro atoms. The van der Waals surface area contributed by atoms with Crippen LogP contribution in [-0.4, -0.2) is 34.8 Å². The van der Waals surface area contributed by atoms with E-state index in [1.165, 1.54) is 11.1 Å². The van der Waals surface area contributed by atoms with Gasteiger partial charge in [0.15, 0.2) is 0 Å². The van der Waals surface area contributed by atoms with Gasteiger partial charge in [0.1, 0.15) is 0 Å². The van der Waals surface area contributed by atoms with E-state index >= 15 is 0 Å². The van der Waals surface area contributed by atoms with Crippen LogP contribution in [-0.2, 0) is 22.6 Å². The van der Waals surface area contributed by atoms with Crippen LogP contribution < -0.4 is 5.32 Å². The van der Waals surface area contributed by atoms with E-state index in [0.29, 0.717) is 26.1 Å². The lowest BCUT2D eigenvalue weighted by atomic mass is 9.95. The Morgan fingerprint density at radius 3 is 2.54 bits per heavy atom. The van der Waals surface area contributed by atoms with E-state index in [4.69, 9.17) is 0 Å². The molecule has 28 heavy (non-hydrogen) atoms. The Balaban J connectivity index is 1.35. The SMILES string of the molecule is Cc1ccc(CCCC(=O)N2CCC(C(=O)NCc3cccnc3)CC2)cc1. The molecule has 5 heteroatoms. The molecule has 1 fully saturated rings. The fourth-order valence-electron chi connectivity index (χ4n) is 3.58. The predicted octanol–water partition coefficient (Wildman–Crippen LogP) is 3.27. The number of carbonyl (C=O) groups excluding carboxylic acids is 2. The molecule has 1 saturated heterocycles. The summed E-state index contributed by atoms with van der Waals surface area (Å²) in [4.78, 5) is 30.8. The molecule has 1 aliphatic rings. The van der Waals surface area contributed by atoms with Crippen LogP contribution in [0.2, 0.25) is 0 Å². The van der Waals surface area contributed by atoms with Gasteiger partial charge in [-0.1, -0.05) is 35.9 Å². The molecule has 5 nitrogen and oxygen atoms in total. The lowest BCUT2D eigenvalue weighted by Gasteiger charge is -2.31. The topological polar surface area (TPSA) is 62.3 Å². The van der Waals surface area contributed by atoms with Crippen molar-refractivity contribution >= 4 is 11.8 Å². The van der Waals surface area contributed by atoms with E-state index in [1.807, 2.05) is 17.0 Å². The quantitative estimate of drug-likeness (QED) is 0.803. The van der Waals surface area contributed by atoms with E-state index in [-0.39, 0.29) is 17.7 Å². The zero-order valence-corrected chi connectivity index (χ0v) is 16.6. The van der Waals surface area contributed by atoms with Gasteiger partial charge in [-0.15, -0.1) is 0 Å². The van der Waals surface area contributed by atoms with E-state index in [0.717, 1.165) is 31.2 Å². The number of amides is 2. The molecule has 1 aliphatic heterocycles. The summed E-state index contributed by atoms with van der Waals surface area (Å²) in [5, 5.41) is 2.99. The highest BCUT2D eigenvalue weighted by Gasteiger charge is 2.26. The first-order chi connectivity index (χ1) is 13.6. The Morgan fingerprint density at radius 1 is 1.11 bits per heavy atom. The summed E-state index contributed by atoms with van der Waals surface area (Å²) < 4.78 is 0. The van der Waals surface area contributed by atoms with Gasteiger partial charge in [-0.25, -0.2) is 0 Å². The first kappa shape index (κ1) is 20.1. The molecule has 1 N–H and O–H groups in total. The van der Waals surface area contributed by atoms with Crippen LogP contribution in [0.3, 0.4) is 0 Å². The van der Waals surface area contributed by atoms with Crippen molar-refractivity contribution in [1.29, 1.82) is 0 Å². The molecule has 0 radical (unpaired) electrons. The minimum Gasteiger partial charge on any atom is -0.352 e. The molecule has 0 aliphatic carbocycles. The smallest absolute Gasteiger partial charge is 0.223 e. The minimum absolute atomic E-state index is 0.00622. The van der Waals surface area contributed by atoms with Gasteiger partial charge in [-0.3, -0.25) is 14.6 Å². The van der Waals surface area contributed by atoms with Gasteiger partial charge >= 0.3 is 0 Å². The normalized spacial score (nSPS) is 14.7. The molecule has 0 unspecified atom stereocenters. The van der Waals surface area contributed by atoms with Crippen molar-refractivity contribution in [1.82, 2.24) is 15.2 Å². The van der Waals surface area contributed by atoms with E-state index in [9.17, 15) is 9.59 Å². The van der Waals surface area contributed by atoms with Crippen LogP contribution in [0.4, 0.5) is 0 Å². The average molecular weight is 380 g/mol. The predicted molar refractivity (Wildman–Crippen MR) is 110 cm³/mol. The number of rotatable bonds is 7. The Morgan fingerprint density at radius 2 is 1.86 bits per heavy atom. The van der Waals surface area contributed by atoms with Gasteiger partial charge in [0.25, 0.3) is 0 Å². The third-order valence-corrected chi connectivity index (χ3v) is 5.38. The fourth-order valence-corrected chi connectivity index (χ4v) is 3.58. The van der Waals surface area contributed by atoms with Crippen molar-refractivity contribution in [3.8, 4) is 0 Å². The number of nitrogens with zero attached hydrogens (tertiary/aromatic N) is 2. The molecule has 0 bridgehead atoms. The number of benzene rings is 1. The van der Waals surface area contributed by atoms with Crippen molar-refractivity contribution < 1.29 is 9.59 Å². The maximum absolute atomic E-state index is 12.4. The van der Waals surface area contributed by atoms with Crippen LogP contribution >= 0.6 is 0 Å². The number of likely N-dealkylation sites (tertiary alicyclic amines) is 1. The lowest BCUT2D eigenvalue weighted by Crippen LogP contribution is -2.42. The van der Waals surface area contributed by atoms with E-state index in [2.05, 4.69) is 41.5 Å². The number of aromatic nitrogens is 1. The first-order valence-electron chi connectivity index (χ1n) is 10.1. The Labute approximate surface area is 167 Å². The molecule has 2 heterocycles. The number of nitrogens with one attached hydrogen (secondary N) is 1. The molecule has 0 saturated carbocycles. The van der Waals surface area contributed by atoms with Crippen molar-refractivity contribution in [3.05, 3.63) is 65.5 Å². The van der Waals surface area contributed by atoms with E-state index < -0.39 is 0 Å². The summed E-state index contributed by atoms with van der Waals surface area (Å²) in [7, 11) is 0. The lowest BCUT2D eigenvalue weighted by molar-refractivity contribution is -0.135. The third kappa shape index (κ3) is 5.91. The first-order valence-corrected chi connectivity index (χ1v) is 10.1. The largest absolute Gasteiger partial charge is 0.352 e. The standard InChI is InChI=1S/C23H29N3O2/c1-18-7-9-19(10-8-18)4-2-6-22(27)26-14-11-21(12-15-26)23(28)25-17-20-5-3-13-24-16-20/h3,5,7-10,13,16,21H,2,4,6,11-12,14-15,17H2,1H3,(H,25,28). The van der Waals surface area contributed by atoms with E-state index in [1.54, 1.807) is 12.4 Å². The zero-order valence-electron chi connectivity index (χ0n) is 16.6. The minimum atomic E-state index is -0.00622. The highest BCUT2D eigenvalue weighted by Crippen LogP contribution is 2.19. The van der Waals surface area contributed by atoms with Crippen molar-refractivity contribution in [2.75, 3.05) is 13.1 Å². The highest BCUT2D eigenvalue weighted by atomic mass is 16.2. The number of hydrogen-bond acceptors (Lipinski definition) is 3. The summed E-state index contributed by atoms with van der Waals surface area (Å²) in [6.45, 7) is 3.93. The van der Waals surface area contributed by atoms with Crippen LogP contribution in [0.25, 0.3) is 0 Å². The molecule has 3 rings (SSSR count). The number of hydrogen-bond donors (Lipinski definition) is 1. The Kier molecular flexibility index (Phi) is 7.18. The van der Waals surface area contributed by atoms with Crippen LogP contribution in [0.15, 0.2) is 48.8 Å². The van der Waals surface area contributed by atoms with Gasteiger partial charge in [0.05, 0.1) is 0 Å². The summed E-state index contributed by atoms with van der Waals surface area (Å²) in [6.07, 6.45) is 7.33. The molecule has 148 valence electrons. The molecule has 1 aromatic heterocycles. The third-order valence-electron chi connectivity index (χ3n) is 5.38. The number of pyridine rings is 1. The summed E-state index contributed by atoms with van der Waals surface area (Å²) in [5.74, 6) is 0.282. The second-order valence-electron chi connectivity index (χ2n) is 7.57. The average Bonchev–Trinajstić information content (AvgIpc) is 2.74. The summed E-state index contributed by atoms with van der Waals surface area (Å²) >= 11 is 0. The number of piperidine rings is 1. The second-order valence-corrected chi connectivity index (χ2v) is 7.57. The van der Waals surface area contributed by atoms with Crippen molar-refractivity contribution in [2.45, 2.75) is 45.6 Å². The molecular formula is C23H29N3O2. The number of carbonyl (C=O) groups is 2. The van der Waals surface area contributed by atoms with Gasteiger partial charge < -0.3 is 10.2 Å². The highest BCUT2D eigenvalue weighted by molar-refractivity contribution is 5.80.